The third kappa shape index (κ3) is 4.75. The number of carbonyl (C=O) groups excluding carboxylic acids is 1. The van der Waals surface area contributed by atoms with E-state index < -0.39 is 31.8 Å². The number of rotatable bonds is 5. The number of sulfone groups is 1. The maximum absolute atomic E-state index is 12.4. The van der Waals surface area contributed by atoms with Gasteiger partial charge in [-0.05, 0) is 48.9 Å². The minimum absolute atomic E-state index is 0.0354. The minimum atomic E-state index is -3.89. The molecule has 0 radical (unpaired) electrons. The maximum atomic E-state index is 12.4. The lowest BCUT2D eigenvalue weighted by Gasteiger charge is -2.12. The summed E-state index contributed by atoms with van der Waals surface area (Å²) in [6.07, 6.45) is 0.240. The van der Waals surface area contributed by atoms with Crippen LogP contribution in [0.15, 0.2) is 53.4 Å². The van der Waals surface area contributed by atoms with Gasteiger partial charge >= 0.3 is 0 Å². The summed E-state index contributed by atoms with van der Waals surface area (Å²) < 4.78 is 50.2. The Labute approximate surface area is 163 Å². The number of benzene rings is 2. The first-order chi connectivity index (χ1) is 13.2. The molecule has 10 heteroatoms. The first kappa shape index (κ1) is 20.0. The van der Waals surface area contributed by atoms with Crippen molar-refractivity contribution >= 4 is 31.5 Å². The Balaban J connectivity index is 1.70. The predicted octanol–water partition coefficient (Wildman–Crippen LogP) is 1.28. The maximum Gasteiger partial charge on any atom is 0.255 e. The van der Waals surface area contributed by atoms with Crippen molar-refractivity contribution in [2.45, 2.75) is 17.4 Å². The fraction of sp³-hybridized carbons (Fsp3) is 0.222. The van der Waals surface area contributed by atoms with Gasteiger partial charge in [0.1, 0.15) is 0 Å². The molecule has 1 amide bonds. The zero-order valence-electron chi connectivity index (χ0n) is 14.6. The van der Waals surface area contributed by atoms with Gasteiger partial charge in [0.2, 0.25) is 10.0 Å². The average molecular weight is 419 g/mol. The number of sulfonamides is 1. The SMILES string of the molecule is N#Cc1cccc(NC(=O)c2ccc(S(=O)(=O)N[C@H]3CCS(=O)(=O)C3)cc2)c1. The van der Waals surface area contributed by atoms with Crippen molar-refractivity contribution in [1.82, 2.24) is 4.72 Å². The molecule has 3 rings (SSSR count). The topological polar surface area (TPSA) is 133 Å². The molecular formula is C18H17N3O5S2. The average Bonchev–Trinajstić information content (AvgIpc) is 2.99. The van der Waals surface area contributed by atoms with E-state index in [-0.39, 0.29) is 28.4 Å². The highest BCUT2D eigenvalue weighted by molar-refractivity contribution is 7.92. The summed E-state index contributed by atoms with van der Waals surface area (Å²) in [7, 11) is -7.09. The number of nitrogens with one attached hydrogen (secondary N) is 2. The summed E-state index contributed by atoms with van der Waals surface area (Å²) in [6, 6.07) is 13.0. The van der Waals surface area contributed by atoms with E-state index in [1.807, 2.05) is 6.07 Å². The van der Waals surface area contributed by atoms with Gasteiger partial charge in [0.25, 0.3) is 5.91 Å². The molecule has 28 heavy (non-hydrogen) atoms. The van der Waals surface area contributed by atoms with Gasteiger partial charge in [0.05, 0.1) is 28.0 Å². The number of hydrogen-bond acceptors (Lipinski definition) is 6. The molecule has 1 fully saturated rings. The molecule has 8 nitrogen and oxygen atoms in total. The van der Waals surface area contributed by atoms with E-state index in [4.69, 9.17) is 5.26 Å². The molecule has 2 N–H and O–H groups in total. The molecule has 0 saturated carbocycles. The molecule has 0 spiro atoms. The lowest BCUT2D eigenvalue weighted by atomic mass is 10.2. The molecule has 1 saturated heterocycles. The van der Waals surface area contributed by atoms with Crippen LogP contribution in [0.4, 0.5) is 5.69 Å². The van der Waals surface area contributed by atoms with Crippen LogP contribution in [-0.4, -0.2) is 40.3 Å². The molecule has 1 heterocycles. The Morgan fingerprint density at radius 3 is 2.46 bits per heavy atom. The van der Waals surface area contributed by atoms with E-state index >= 15 is 0 Å². The number of amides is 1. The van der Waals surface area contributed by atoms with Crippen LogP contribution in [0, 0.1) is 11.3 Å². The van der Waals surface area contributed by atoms with Gasteiger partial charge in [0, 0.05) is 17.3 Å². The first-order valence-corrected chi connectivity index (χ1v) is 11.6. The molecule has 1 aliphatic rings. The van der Waals surface area contributed by atoms with Gasteiger partial charge in [-0.25, -0.2) is 21.6 Å². The monoisotopic (exact) mass is 419 g/mol. The third-order valence-corrected chi connectivity index (χ3v) is 7.53. The molecule has 0 bridgehead atoms. The van der Waals surface area contributed by atoms with Gasteiger partial charge in [-0.3, -0.25) is 4.79 Å². The zero-order valence-corrected chi connectivity index (χ0v) is 16.3. The summed E-state index contributed by atoms with van der Waals surface area (Å²) in [4.78, 5) is 12.2. The van der Waals surface area contributed by atoms with Crippen molar-refractivity contribution in [3.63, 3.8) is 0 Å². The van der Waals surface area contributed by atoms with E-state index in [1.165, 1.54) is 30.3 Å². The van der Waals surface area contributed by atoms with Crippen molar-refractivity contribution in [3.05, 3.63) is 59.7 Å². The Kier molecular flexibility index (Phi) is 5.51. The van der Waals surface area contributed by atoms with Crippen LogP contribution >= 0.6 is 0 Å². The molecule has 146 valence electrons. The van der Waals surface area contributed by atoms with E-state index in [0.717, 1.165) is 0 Å². The van der Waals surface area contributed by atoms with Gasteiger partial charge in [0.15, 0.2) is 9.84 Å². The first-order valence-electron chi connectivity index (χ1n) is 8.33. The van der Waals surface area contributed by atoms with Crippen LogP contribution < -0.4 is 10.0 Å². The van der Waals surface area contributed by atoms with Crippen LogP contribution in [0.25, 0.3) is 0 Å². The van der Waals surface area contributed by atoms with Gasteiger partial charge in [-0.15, -0.1) is 0 Å². The molecule has 2 aromatic carbocycles. The summed E-state index contributed by atoms with van der Waals surface area (Å²) in [6.45, 7) is 0. The Bertz CT molecular complexity index is 1150. The Hall–Kier alpha value is -2.74. The van der Waals surface area contributed by atoms with Crippen molar-refractivity contribution < 1.29 is 21.6 Å². The minimum Gasteiger partial charge on any atom is -0.322 e. The van der Waals surface area contributed by atoms with Gasteiger partial charge in [-0.2, -0.15) is 5.26 Å². The fourth-order valence-electron chi connectivity index (χ4n) is 2.83. The second kappa shape index (κ2) is 7.71. The van der Waals surface area contributed by atoms with E-state index in [9.17, 15) is 21.6 Å². The Morgan fingerprint density at radius 2 is 1.86 bits per heavy atom. The number of anilines is 1. The number of nitrogens with zero attached hydrogens (tertiary/aromatic N) is 1. The standard InChI is InChI=1S/C18H17N3O5S2/c19-11-13-2-1-3-15(10-13)20-18(22)14-4-6-17(7-5-14)28(25,26)21-16-8-9-27(23,24)12-16/h1-7,10,16,21H,8-9,12H2,(H,20,22)/t16-/m0/s1. The molecular weight excluding hydrogens is 402 g/mol. The number of hydrogen-bond donors (Lipinski definition) is 2. The van der Waals surface area contributed by atoms with Crippen molar-refractivity contribution in [2.24, 2.45) is 0 Å². The number of nitriles is 1. The van der Waals surface area contributed by atoms with Crippen LogP contribution in [0.1, 0.15) is 22.3 Å². The summed E-state index contributed by atoms with van der Waals surface area (Å²) >= 11 is 0. The molecule has 0 unspecified atom stereocenters. The predicted molar refractivity (Wildman–Crippen MR) is 103 cm³/mol. The largest absolute Gasteiger partial charge is 0.322 e. The van der Waals surface area contributed by atoms with E-state index in [1.54, 1.807) is 18.2 Å². The van der Waals surface area contributed by atoms with Crippen LogP contribution in [0.3, 0.4) is 0 Å². The Morgan fingerprint density at radius 1 is 1.14 bits per heavy atom. The quantitative estimate of drug-likeness (QED) is 0.750. The highest BCUT2D eigenvalue weighted by Crippen LogP contribution is 2.17. The van der Waals surface area contributed by atoms with Crippen LogP contribution in [-0.2, 0) is 19.9 Å². The van der Waals surface area contributed by atoms with Crippen LogP contribution in [0.2, 0.25) is 0 Å². The van der Waals surface area contributed by atoms with Crippen molar-refractivity contribution in [1.29, 1.82) is 5.26 Å². The van der Waals surface area contributed by atoms with Crippen LogP contribution in [0.5, 0.6) is 0 Å². The second-order valence-corrected chi connectivity index (χ2v) is 10.3. The van der Waals surface area contributed by atoms with Gasteiger partial charge in [-0.1, -0.05) is 6.07 Å². The molecule has 2 aromatic rings. The highest BCUT2D eigenvalue weighted by atomic mass is 32.2. The third-order valence-electron chi connectivity index (χ3n) is 4.23. The lowest BCUT2D eigenvalue weighted by molar-refractivity contribution is 0.102. The number of carbonyl (C=O) groups is 1. The summed E-state index contributed by atoms with van der Waals surface area (Å²) in [5.74, 6) is -0.699. The molecule has 1 aliphatic heterocycles. The smallest absolute Gasteiger partial charge is 0.255 e. The highest BCUT2D eigenvalue weighted by Gasteiger charge is 2.31. The fourth-order valence-corrected chi connectivity index (χ4v) is 5.88. The summed E-state index contributed by atoms with van der Waals surface area (Å²) in [5.41, 5.74) is 1.09. The normalized spacial score (nSPS) is 18.3. The zero-order chi connectivity index (χ0) is 20.4. The molecule has 0 aromatic heterocycles. The van der Waals surface area contributed by atoms with E-state index in [2.05, 4.69) is 10.0 Å². The lowest BCUT2D eigenvalue weighted by Crippen LogP contribution is -2.35. The van der Waals surface area contributed by atoms with E-state index in [0.29, 0.717) is 11.3 Å². The molecule has 1 atom stereocenters. The van der Waals surface area contributed by atoms with Crippen molar-refractivity contribution in [3.8, 4) is 6.07 Å². The molecule has 0 aliphatic carbocycles. The summed E-state index contributed by atoms with van der Waals surface area (Å²) in [5, 5.41) is 11.5. The van der Waals surface area contributed by atoms with Crippen molar-refractivity contribution in [2.75, 3.05) is 16.8 Å². The van der Waals surface area contributed by atoms with Gasteiger partial charge < -0.3 is 5.32 Å². The second-order valence-electron chi connectivity index (χ2n) is 6.39.